The lowest BCUT2D eigenvalue weighted by Gasteiger charge is -2.23. The molecule has 0 atom stereocenters. The molecule has 21 heavy (non-hydrogen) atoms. The number of rotatable bonds is 4. The Morgan fingerprint density at radius 2 is 2.10 bits per heavy atom. The van der Waals surface area contributed by atoms with E-state index in [1.165, 1.54) is 0 Å². The molecular weight excluding hydrogens is 266 g/mol. The highest BCUT2D eigenvalue weighted by atomic mass is 16.5. The predicted molar refractivity (Wildman–Crippen MR) is 81.4 cm³/mol. The summed E-state index contributed by atoms with van der Waals surface area (Å²) in [6, 6.07) is 3.71. The van der Waals surface area contributed by atoms with Crippen LogP contribution in [0.3, 0.4) is 0 Å². The number of hydrogen-bond donors (Lipinski definition) is 1. The van der Waals surface area contributed by atoms with E-state index in [-0.39, 0.29) is 5.91 Å². The van der Waals surface area contributed by atoms with Crippen molar-refractivity contribution in [1.29, 1.82) is 0 Å². The maximum Gasteiger partial charge on any atom is 0.257 e. The lowest BCUT2D eigenvalue weighted by atomic mass is 10.0. The monoisotopic (exact) mass is 289 g/mol. The Morgan fingerprint density at radius 3 is 2.86 bits per heavy atom. The highest BCUT2D eigenvalue weighted by molar-refractivity contribution is 5.98. The fraction of sp³-hybridized carbons (Fsp3) is 0.625. The molecule has 0 bridgehead atoms. The van der Waals surface area contributed by atoms with Gasteiger partial charge in [0.25, 0.3) is 5.91 Å². The van der Waals surface area contributed by atoms with E-state index < -0.39 is 0 Å². The fourth-order valence-corrected chi connectivity index (χ4v) is 3.00. The van der Waals surface area contributed by atoms with Crippen molar-refractivity contribution in [3.8, 4) is 0 Å². The van der Waals surface area contributed by atoms with Crippen molar-refractivity contribution in [2.24, 2.45) is 5.92 Å². The second-order valence-corrected chi connectivity index (χ2v) is 5.84. The van der Waals surface area contributed by atoms with Crippen LogP contribution in [-0.2, 0) is 4.74 Å². The summed E-state index contributed by atoms with van der Waals surface area (Å²) < 4.78 is 5.38. The van der Waals surface area contributed by atoms with E-state index in [9.17, 15) is 4.79 Å². The van der Waals surface area contributed by atoms with E-state index in [1.807, 2.05) is 17.0 Å². The van der Waals surface area contributed by atoms with Crippen LogP contribution in [0.25, 0.3) is 0 Å². The van der Waals surface area contributed by atoms with Gasteiger partial charge < -0.3 is 15.0 Å². The van der Waals surface area contributed by atoms with E-state index >= 15 is 0 Å². The Kier molecular flexibility index (Phi) is 4.70. The molecule has 2 saturated heterocycles. The average molecular weight is 289 g/mol. The molecule has 0 spiro atoms. The zero-order chi connectivity index (χ0) is 14.5. The van der Waals surface area contributed by atoms with Crippen molar-refractivity contribution < 1.29 is 9.53 Å². The lowest BCUT2D eigenvalue weighted by molar-refractivity contribution is 0.0698. The normalized spacial score (nSPS) is 19.7. The Morgan fingerprint density at radius 1 is 1.33 bits per heavy atom. The lowest BCUT2D eigenvalue weighted by Crippen LogP contribution is -2.29. The van der Waals surface area contributed by atoms with Crippen LogP contribution < -0.4 is 5.32 Å². The number of carbonyl (C=O) groups excluding carboxylic acids is 1. The van der Waals surface area contributed by atoms with Gasteiger partial charge in [0, 0.05) is 39.0 Å². The van der Waals surface area contributed by atoms with Crippen molar-refractivity contribution >= 4 is 11.7 Å². The molecule has 3 heterocycles. The van der Waals surface area contributed by atoms with Gasteiger partial charge >= 0.3 is 0 Å². The van der Waals surface area contributed by atoms with Crippen molar-refractivity contribution in [3.63, 3.8) is 0 Å². The van der Waals surface area contributed by atoms with Gasteiger partial charge in [-0.3, -0.25) is 4.79 Å². The molecule has 2 fully saturated rings. The minimum Gasteiger partial charge on any atom is -0.381 e. The van der Waals surface area contributed by atoms with E-state index in [4.69, 9.17) is 4.74 Å². The van der Waals surface area contributed by atoms with Crippen molar-refractivity contribution in [3.05, 3.63) is 23.9 Å². The third kappa shape index (κ3) is 3.53. The smallest absolute Gasteiger partial charge is 0.257 e. The number of pyridine rings is 1. The molecule has 2 aliphatic rings. The van der Waals surface area contributed by atoms with E-state index in [0.717, 1.165) is 64.3 Å². The zero-order valence-electron chi connectivity index (χ0n) is 12.4. The molecule has 0 aliphatic carbocycles. The second-order valence-electron chi connectivity index (χ2n) is 5.84. The summed E-state index contributed by atoms with van der Waals surface area (Å²) in [6.45, 7) is 4.28. The number of likely N-dealkylation sites (tertiary alicyclic amines) is 1. The van der Waals surface area contributed by atoms with Crippen molar-refractivity contribution in [2.45, 2.75) is 25.7 Å². The van der Waals surface area contributed by atoms with Gasteiger partial charge in [0.05, 0.1) is 5.56 Å². The van der Waals surface area contributed by atoms with Crippen LogP contribution in [0.5, 0.6) is 0 Å². The van der Waals surface area contributed by atoms with E-state index in [0.29, 0.717) is 11.5 Å². The van der Waals surface area contributed by atoms with Crippen molar-refractivity contribution in [2.75, 3.05) is 38.2 Å². The number of ether oxygens (including phenoxy) is 1. The molecule has 1 amide bonds. The van der Waals surface area contributed by atoms with Gasteiger partial charge in [-0.05, 0) is 43.7 Å². The fourth-order valence-electron chi connectivity index (χ4n) is 3.00. The second kappa shape index (κ2) is 6.89. The number of hydrogen-bond acceptors (Lipinski definition) is 4. The van der Waals surface area contributed by atoms with Gasteiger partial charge in [0.15, 0.2) is 0 Å². The van der Waals surface area contributed by atoms with Gasteiger partial charge in [-0.15, -0.1) is 0 Å². The molecule has 5 heteroatoms. The van der Waals surface area contributed by atoms with Crippen LogP contribution >= 0.6 is 0 Å². The van der Waals surface area contributed by atoms with E-state index in [2.05, 4.69) is 10.3 Å². The first kappa shape index (κ1) is 14.3. The SMILES string of the molecule is O=C(c1cccnc1NCC1CCOCC1)N1CCCC1. The third-order valence-electron chi connectivity index (χ3n) is 4.33. The largest absolute Gasteiger partial charge is 0.381 e. The van der Waals surface area contributed by atoms with Crippen LogP contribution in [0.2, 0.25) is 0 Å². The quantitative estimate of drug-likeness (QED) is 0.923. The molecular formula is C16H23N3O2. The van der Waals surface area contributed by atoms with Gasteiger partial charge in [-0.1, -0.05) is 0 Å². The number of carbonyl (C=O) groups is 1. The van der Waals surface area contributed by atoms with Gasteiger partial charge in [-0.25, -0.2) is 4.98 Å². The maximum absolute atomic E-state index is 12.5. The van der Waals surface area contributed by atoms with Crippen LogP contribution in [0.4, 0.5) is 5.82 Å². The van der Waals surface area contributed by atoms with Crippen LogP contribution in [0.15, 0.2) is 18.3 Å². The first-order valence-electron chi connectivity index (χ1n) is 7.90. The molecule has 2 aliphatic heterocycles. The topological polar surface area (TPSA) is 54.5 Å². The average Bonchev–Trinajstić information content (AvgIpc) is 3.08. The summed E-state index contributed by atoms with van der Waals surface area (Å²) in [4.78, 5) is 18.8. The van der Waals surface area contributed by atoms with Gasteiger partial charge in [-0.2, -0.15) is 0 Å². The Labute approximate surface area is 125 Å². The molecule has 1 aromatic heterocycles. The molecule has 5 nitrogen and oxygen atoms in total. The summed E-state index contributed by atoms with van der Waals surface area (Å²) in [7, 11) is 0. The molecule has 1 aromatic rings. The first-order valence-corrected chi connectivity index (χ1v) is 7.90. The van der Waals surface area contributed by atoms with Gasteiger partial charge in [0.2, 0.25) is 0 Å². The summed E-state index contributed by atoms with van der Waals surface area (Å²) in [6.07, 6.45) is 6.12. The molecule has 1 N–H and O–H groups in total. The summed E-state index contributed by atoms with van der Waals surface area (Å²) in [5, 5.41) is 3.37. The summed E-state index contributed by atoms with van der Waals surface area (Å²) in [5.41, 5.74) is 0.700. The molecule has 3 rings (SSSR count). The highest BCUT2D eigenvalue weighted by Crippen LogP contribution is 2.20. The minimum atomic E-state index is 0.107. The number of amides is 1. The zero-order valence-corrected chi connectivity index (χ0v) is 12.4. The first-order chi connectivity index (χ1) is 10.3. The Hall–Kier alpha value is -1.62. The summed E-state index contributed by atoms with van der Waals surface area (Å²) in [5.74, 6) is 1.44. The van der Waals surface area contributed by atoms with Crippen LogP contribution in [-0.4, -0.2) is 48.6 Å². The molecule has 0 unspecified atom stereocenters. The number of nitrogens with one attached hydrogen (secondary N) is 1. The van der Waals surface area contributed by atoms with E-state index in [1.54, 1.807) is 6.20 Å². The number of aromatic nitrogens is 1. The molecule has 0 saturated carbocycles. The van der Waals surface area contributed by atoms with Crippen molar-refractivity contribution in [1.82, 2.24) is 9.88 Å². The summed E-state index contributed by atoms with van der Waals surface area (Å²) >= 11 is 0. The van der Waals surface area contributed by atoms with Crippen LogP contribution in [0.1, 0.15) is 36.0 Å². The Bertz CT molecular complexity index is 480. The maximum atomic E-state index is 12.5. The minimum absolute atomic E-state index is 0.107. The number of anilines is 1. The standard InChI is InChI=1S/C16H23N3O2/c20-16(19-8-1-2-9-19)14-4-3-7-17-15(14)18-12-13-5-10-21-11-6-13/h3-4,7,13H,1-2,5-6,8-12H2,(H,17,18). The third-order valence-corrected chi connectivity index (χ3v) is 4.33. The predicted octanol–water partition coefficient (Wildman–Crippen LogP) is 2.16. The molecule has 0 radical (unpaired) electrons. The highest BCUT2D eigenvalue weighted by Gasteiger charge is 2.22. The Balaban J connectivity index is 1.65. The van der Waals surface area contributed by atoms with Gasteiger partial charge in [0.1, 0.15) is 5.82 Å². The number of nitrogens with zero attached hydrogens (tertiary/aromatic N) is 2. The van der Waals surface area contributed by atoms with Crippen LogP contribution in [0, 0.1) is 5.92 Å². The molecule has 114 valence electrons. The molecule has 0 aromatic carbocycles.